The van der Waals surface area contributed by atoms with Crippen molar-refractivity contribution in [3.8, 4) is 0 Å². The van der Waals surface area contributed by atoms with Gasteiger partial charge in [0.05, 0.1) is 29.2 Å². The number of esters is 1. The molecule has 3 aromatic rings. The van der Waals surface area contributed by atoms with E-state index in [1.54, 1.807) is 25.1 Å². The largest absolute Gasteiger partial charge is 0.462 e. The second kappa shape index (κ2) is 10.8. The highest BCUT2D eigenvalue weighted by Gasteiger charge is 2.46. The van der Waals surface area contributed by atoms with E-state index in [0.717, 1.165) is 14.8 Å². The van der Waals surface area contributed by atoms with Crippen LogP contribution < -0.4 is 4.90 Å². The Morgan fingerprint density at radius 1 is 0.944 bits per heavy atom. The summed E-state index contributed by atoms with van der Waals surface area (Å²) in [5.74, 6) is -1.65. The zero-order valence-corrected chi connectivity index (χ0v) is 20.6. The van der Waals surface area contributed by atoms with Crippen molar-refractivity contribution >= 4 is 33.5 Å². The maximum absolute atomic E-state index is 13.6. The minimum absolute atomic E-state index is 0.0283. The quantitative estimate of drug-likeness (QED) is 0.326. The predicted octanol–water partition coefficient (Wildman–Crippen LogP) is 3.43. The van der Waals surface area contributed by atoms with Gasteiger partial charge in [-0.2, -0.15) is 4.31 Å². The van der Waals surface area contributed by atoms with Crippen molar-refractivity contribution in [2.45, 2.75) is 30.7 Å². The molecule has 186 valence electrons. The van der Waals surface area contributed by atoms with Crippen LogP contribution in [0.15, 0.2) is 89.8 Å². The van der Waals surface area contributed by atoms with E-state index in [1.165, 1.54) is 36.4 Å². The molecule has 0 N–H and O–H groups in total. The third-order valence-corrected chi connectivity index (χ3v) is 7.84. The number of carbonyl (C=O) groups excluding carboxylic acids is 3. The minimum atomic E-state index is -4.07. The topological polar surface area (TPSA) is 101 Å². The Morgan fingerprint density at radius 3 is 2.17 bits per heavy atom. The zero-order chi connectivity index (χ0) is 25.7. The molecule has 0 aliphatic carbocycles. The molecule has 1 aliphatic heterocycles. The summed E-state index contributed by atoms with van der Waals surface area (Å²) >= 11 is 0. The molecule has 4 rings (SSSR count). The number of benzene rings is 3. The standard InChI is InChI=1S/C27H26N2O6S/c1-2-35-27(32)21-13-15-22(16-14-21)29-25(30)19-24(26(29)31)28(18-17-20-9-5-3-6-10-20)36(33,34)23-11-7-4-8-12-23/h3-16,24H,2,17-19H2,1H3. The van der Waals surface area contributed by atoms with Crippen LogP contribution >= 0.6 is 0 Å². The van der Waals surface area contributed by atoms with Gasteiger partial charge in [-0.15, -0.1) is 0 Å². The van der Waals surface area contributed by atoms with Gasteiger partial charge in [-0.1, -0.05) is 48.5 Å². The summed E-state index contributed by atoms with van der Waals surface area (Å²) in [6, 6.07) is 21.9. The lowest BCUT2D eigenvalue weighted by molar-refractivity contribution is -0.122. The Bertz CT molecular complexity index is 1340. The van der Waals surface area contributed by atoms with Crippen molar-refractivity contribution in [2.24, 2.45) is 0 Å². The molecule has 8 nitrogen and oxygen atoms in total. The highest BCUT2D eigenvalue weighted by atomic mass is 32.2. The predicted molar refractivity (Wildman–Crippen MR) is 134 cm³/mol. The summed E-state index contributed by atoms with van der Waals surface area (Å²) < 4.78 is 33.3. The van der Waals surface area contributed by atoms with Crippen molar-refractivity contribution in [3.63, 3.8) is 0 Å². The average molecular weight is 507 g/mol. The molecule has 1 atom stereocenters. The van der Waals surface area contributed by atoms with Crippen LogP contribution in [-0.2, 0) is 30.8 Å². The van der Waals surface area contributed by atoms with Crippen LogP contribution in [0.5, 0.6) is 0 Å². The molecule has 1 heterocycles. The Kier molecular flexibility index (Phi) is 7.61. The monoisotopic (exact) mass is 506 g/mol. The summed E-state index contributed by atoms with van der Waals surface area (Å²) in [6.07, 6.45) is 0.0957. The number of hydrogen-bond acceptors (Lipinski definition) is 6. The van der Waals surface area contributed by atoms with Gasteiger partial charge in [-0.3, -0.25) is 9.59 Å². The van der Waals surface area contributed by atoms with Crippen LogP contribution in [-0.4, -0.2) is 49.7 Å². The van der Waals surface area contributed by atoms with Crippen LogP contribution in [0.4, 0.5) is 5.69 Å². The molecule has 0 spiro atoms. The number of rotatable bonds is 9. The summed E-state index contributed by atoms with van der Waals surface area (Å²) in [5, 5.41) is 0. The van der Waals surface area contributed by atoms with E-state index in [1.807, 2.05) is 30.3 Å². The fraction of sp³-hybridized carbons (Fsp3) is 0.222. The van der Waals surface area contributed by atoms with Gasteiger partial charge in [0.25, 0.3) is 5.91 Å². The van der Waals surface area contributed by atoms with Crippen LogP contribution in [0.25, 0.3) is 0 Å². The Balaban J connectivity index is 1.64. The summed E-state index contributed by atoms with van der Waals surface area (Å²) in [5.41, 5.74) is 1.46. The molecule has 1 aliphatic rings. The lowest BCUT2D eigenvalue weighted by atomic mass is 10.1. The van der Waals surface area contributed by atoms with Gasteiger partial charge < -0.3 is 4.74 Å². The molecular weight excluding hydrogens is 480 g/mol. The molecule has 0 saturated carbocycles. The molecule has 36 heavy (non-hydrogen) atoms. The van der Waals surface area contributed by atoms with Gasteiger partial charge in [-0.25, -0.2) is 18.1 Å². The van der Waals surface area contributed by atoms with Gasteiger partial charge in [0.15, 0.2) is 0 Å². The molecule has 1 unspecified atom stereocenters. The fourth-order valence-corrected chi connectivity index (χ4v) is 5.73. The first-order valence-corrected chi connectivity index (χ1v) is 13.0. The molecule has 0 bridgehead atoms. The first-order valence-electron chi connectivity index (χ1n) is 11.6. The molecule has 9 heteroatoms. The summed E-state index contributed by atoms with van der Waals surface area (Å²) in [6.45, 7) is 1.95. The number of carbonyl (C=O) groups is 3. The van der Waals surface area contributed by atoms with E-state index in [9.17, 15) is 22.8 Å². The number of anilines is 1. The van der Waals surface area contributed by atoms with Crippen molar-refractivity contribution in [1.82, 2.24) is 4.31 Å². The number of amides is 2. The summed E-state index contributed by atoms with van der Waals surface area (Å²) in [7, 11) is -4.07. The first-order chi connectivity index (χ1) is 17.3. The third kappa shape index (κ3) is 5.22. The van der Waals surface area contributed by atoms with Gasteiger partial charge in [0.2, 0.25) is 15.9 Å². The molecule has 1 saturated heterocycles. The lowest BCUT2D eigenvalue weighted by Crippen LogP contribution is -2.46. The molecule has 0 radical (unpaired) electrons. The van der Waals surface area contributed by atoms with Crippen molar-refractivity contribution in [1.29, 1.82) is 0 Å². The number of imide groups is 1. The Labute approximate surface area is 210 Å². The molecular formula is C27H26N2O6S. The smallest absolute Gasteiger partial charge is 0.338 e. The number of hydrogen-bond donors (Lipinski definition) is 0. The van der Waals surface area contributed by atoms with E-state index in [-0.39, 0.29) is 35.7 Å². The third-order valence-electron chi connectivity index (χ3n) is 5.92. The van der Waals surface area contributed by atoms with Crippen LogP contribution in [0, 0.1) is 0 Å². The maximum atomic E-state index is 13.6. The Hall–Kier alpha value is -3.82. The lowest BCUT2D eigenvalue weighted by Gasteiger charge is -2.27. The fourth-order valence-electron chi connectivity index (χ4n) is 4.13. The normalized spacial score (nSPS) is 15.9. The van der Waals surface area contributed by atoms with Crippen LogP contribution in [0.1, 0.15) is 29.3 Å². The van der Waals surface area contributed by atoms with E-state index in [2.05, 4.69) is 0 Å². The summed E-state index contributed by atoms with van der Waals surface area (Å²) in [4.78, 5) is 39.4. The Morgan fingerprint density at radius 2 is 1.56 bits per heavy atom. The second-order valence-electron chi connectivity index (χ2n) is 8.22. The van der Waals surface area contributed by atoms with Gasteiger partial charge in [0.1, 0.15) is 6.04 Å². The molecule has 1 fully saturated rings. The van der Waals surface area contributed by atoms with Crippen molar-refractivity contribution < 1.29 is 27.5 Å². The van der Waals surface area contributed by atoms with Crippen molar-refractivity contribution in [2.75, 3.05) is 18.1 Å². The van der Waals surface area contributed by atoms with Gasteiger partial charge in [-0.05, 0) is 55.3 Å². The van der Waals surface area contributed by atoms with Crippen LogP contribution in [0.2, 0.25) is 0 Å². The van der Waals surface area contributed by atoms with Crippen LogP contribution in [0.3, 0.4) is 0 Å². The molecule has 2 amide bonds. The second-order valence-corrected chi connectivity index (χ2v) is 10.1. The highest BCUT2D eigenvalue weighted by molar-refractivity contribution is 7.89. The first kappa shape index (κ1) is 25.3. The molecule has 3 aromatic carbocycles. The van der Waals surface area contributed by atoms with E-state index >= 15 is 0 Å². The van der Waals surface area contributed by atoms with E-state index in [0.29, 0.717) is 6.42 Å². The van der Waals surface area contributed by atoms with E-state index in [4.69, 9.17) is 4.74 Å². The number of sulfonamides is 1. The zero-order valence-electron chi connectivity index (χ0n) is 19.7. The van der Waals surface area contributed by atoms with Crippen molar-refractivity contribution in [3.05, 3.63) is 96.1 Å². The number of ether oxygens (including phenoxy) is 1. The highest BCUT2D eigenvalue weighted by Crippen LogP contribution is 2.30. The van der Waals surface area contributed by atoms with Gasteiger partial charge >= 0.3 is 5.97 Å². The van der Waals surface area contributed by atoms with E-state index < -0.39 is 33.8 Å². The minimum Gasteiger partial charge on any atom is -0.462 e. The average Bonchev–Trinajstić information content (AvgIpc) is 3.18. The van der Waals surface area contributed by atoms with Gasteiger partial charge in [0, 0.05) is 6.54 Å². The molecule has 0 aromatic heterocycles. The maximum Gasteiger partial charge on any atom is 0.338 e. The number of nitrogens with zero attached hydrogens (tertiary/aromatic N) is 2. The SMILES string of the molecule is CCOC(=O)c1ccc(N2C(=O)CC(N(CCc3ccccc3)S(=O)(=O)c3ccccc3)C2=O)cc1.